The van der Waals surface area contributed by atoms with Crippen molar-refractivity contribution in [3.05, 3.63) is 90.5 Å². The summed E-state index contributed by atoms with van der Waals surface area (Å²) in [5.41, 5.74) is 1.62. The second-order valence-electron chi connectivity index (χ2n) is 6.57. The molecule has 1 N–H and O–H groups in total. The number of amides is 2. The number of carbonyl (C=O) groups excluding carboxylic acids is 2. The minimum absolute atomic E-state index is 0.0754. The summed E-state index contributed by atoms with van der Waals surface area (Å²) < 4.78 is 5.97. The highest BCUT2D eigenvalue weighted by Gasteiger charge is 2.17. The molecule has 0 bridgehead atoms. The number of nitrogens with zero attached hydrogens (tertiary/aromatic N) is 1. The van der Waals surface area contributed by atoms with Gasteiger partial charge in [-0.2, -0.15) is 0 Å². The molecule has 0 heterocycles. The van der Waals surface area contributed by atoms with Crippen LogP contribution in [0.25, 0.3) is 0 Å². The highest BCUT2D eigenvalue weighted by molar-refractivity contribution is 5.93. The van der Waals surface area contributed by atoms with Crippen molar-refractivity contribution in [3.63, 3.8) is 0 Å². The maximum atomic E-state index is 12.3. The Balaban J connectivity index is 1.64. The van der Waals surface area contributed by atoms with Crippen LogP contribution in [0.2, 0.25) is 0 Å². The van der Waals surface area contributed by atoms with Crippen LogP contribution >= 0.6 is 0 Å². The van der Waals surface area contributed by atoms with E-state index in [-0.39, 0.29) is 11.8 Å². The van der Waals surface area contributed by atoms with E-state index in [2.05, 4.69) is 5.32 Å². The maximum Gasteiger partial charge on any atom is 0.224 e. The summed E-state index contributed by atoms with van der Waals surface area (Å²) in [6.07, 6.45) is 0.314. The highest BCUT2D eigenvalue weighted by Crippen LogP contribution is 2.32. The molecule has 3 rings (SSSR count). The molecular formula is C24H24N2O3. The Bertz CT molecular complexity index is 943. The van der Waals surface area contributed by atoms with Crippen molar-refractivity contribution in [1.29, 1.82) is 0 Å². The standard InChI is InChI=1S/C24H24N2O3/c1-19(27)26(17-16-25-24(28)18-20-10-4-2-5-11-20)22-14-8-9-15-23(22)29-21-12-6-3-7-13-21/h2-15H,16-18H2,1H3,(H,25,28). The van der Waals surface area contributed by atoms with E-state index in [9.17, 15) is 9.59 Å². The van der Waals surface area contributed by atoms with Gasteiger partial charge in [0.05, 0.1) is 12.1 Å². The van der Waals surface area contributed by atoms with Gasteiger partial charge in [0.1, 0.15) is 5.75 Å². The van der Waals surface area contributed by atoms with Gasteiger partial charge >= 0.3 is 0 Å². The van der Waals surface area contributed by atoms with Crippen molar-refractivity contribution in [1.82, 2.24) is 5.32 Å². The number of anilines is 1. The van der Waals surface area contributed by atoms with E-state index < -0.39 is 0 Å². The molecule has 5 heteroatoms. The first-order valence-electron chi connectivity index (χ1n) is 9.54. The first-order valence-corrected chi connectivity index (χ1v) is 9.54. The number of nitrogens with one attached hydrogen (secondary N) is 1. The van der Waals surface area contributed by atoms with E-state index in [4.69, 9.17) is 4.74 Å². The highest BCUT2D eigenvalue weighted by atomic mass is 16.5. The molecule has 0 aliphatic carbocycles. The number of carbonyl (C=O) groups is 2. The van der Waals surface area contributed by atoms with Crippen LogP contribution in [0.4, 0.5) is 5.69 Å². The number of para-hydroxylation sites is 3. The quantitative estimate of drug-likeness (QED) is 0.629. The Kier molecular flexibility index (Phi) is 7.00. The van der Waals surface area contributed by atoms with Crippen LogP contribution in [0.1, 0.15) is 12.5 Å². The second kappa shape index (κ2) is 10.1. The van der Waals surface area contributed by atoms with E-state index in [0.29, 0.717) is 36.7 Å². The fraction of sp³-hybridized carbons (Fsp3) is 0.167. The average molecular weight is 388 g/mol. The predicted molar refractivity (Wildman–Crippen MR) is 114 cm³/mol. The maximum absolute atomic E-state index is 12.3. The third kappa shape index (κ3) is 5.94. The van der Waals surface area contributed by atoms with Gasteiger partial charge in [0.25, 0.3) is 0 Å². The van der Waals surface area contributed by atoms with Gasteiger partial charge in [-0.1, -0.05) is 60.7 Å². The van der Waals surface area contributed by atoms with Gasteiger partial charge in [-0.05, 0) is 29.8 Å². The summed E-state index contributed by atoms with van der Waals surface area (Å²) in [6, 6.07) is 26.4. The summed E-state index contributed by atoms with van der Waals surface area (Å²) in [5, 5.41) is 2.88. The Morgan fingerprint density at radius 1 is 0.862 bits per heavy atom. The number of hydrogen-bond acceptors (Lipinski definition) is 3. The molecule has 0 aromatic heterocycles. The monoisotopic (exact) mass is 388 g/mol. The van der Waals surface area contributed by atoms with Crippen LogP contribution in [0.5, 0.6) is 11.5 Å². The molecule has 0 spiro atoms. The Morgan fingerprint density at radius 2 is 1.48 bits per heavy atom. The summed E-state index contributed by atoms with van der Waals surface area (Å²) in [4.78, 5) is 26.1. The van der Waals surface area contributed by atoms with E-state index in [0.717, 1.165) is 5.56 Å². The minimum Gasteiger partial charge on any atom is -0.455 e. The lowest BCUT2D eigenvalue weighted by Gasteiger charge is -2.24. The van der Waals surface area contributed by atoms with E-state index in [1.807, 2.05) is 84.9 Å². The minimum atomic E-state index is -0.119. The number of hydrogen-bond donors (Lipinski definition) is 1. The zero-order valence-corrected chi connectivity index (χ0v) is 16.4. The Labute approximate surface area is 170 Å². The van der Waals surface area contributed by atoms with Crippen molar-refractivity contribution in [2.24, 2.45) is 0 Å². The SMILES string of the molecule is CC(=O)N(CCNC(=O)Cc1ccccc1)c1ccccc1Oc1ccccc1. The van der Waals surface area contributed by atoms with Crippen molar-refractivity contribution < 1.29 is 14.3 Å². The third-order valence-corrected chi connectivity index (χ3v) is 4.37. The van der Waals surface area contributed by atoms with Crippen LogP contribution in [-0.2, 0) is 16.0 Å². The van der Waals surface area contributed by atoms with Gasteiger partial charge < -0.3 is 15.0 Å². The van der Waals surface area contributed by atoms with Gasteiger partial charge in [-0.15, -0.1) is 0 Å². The molecule has 2 amide bonds. The van der Waals surface area contributed by atoms with Crippen molar-refractivity contribution >= 4 is 17.5 Å². The zero-order valence-electron chi connectivity index (χ0n) is 16.4. The van der Waals surface area contributed by atoms with Crippen LogP contribution in [-0.4, -0.2) is 24.9 Å². The third-order valence-electron chi connectivity index (χ3n) is 4.37. The molecule has 0 unspecified atom stereocenters. The Hall–Kier alpha value is -3.60. The molecule has 0 aliphatic rings. The normalized spacial score (nSPS) is 10.2. The van der Waals surface area contributed by atoms with Gasteiger partial charge in [0.2, 0.25) is 11.8 Å². The first-order chi connectivity index (χ1) is 14.1. The number of benzene rings is 3. The first kappa shape index (κ1) is 20.1. The van der Waals surface area contributed by atoms with Crippen LogP contribution in [0, 0.1) is 0 Å². The number of ether oxygens (including phenoxy) is 1. The molecule has 0 fully saturated rings. The summed E-state index contributed by atoms with van der Waals surface area (Å²) in [6.45, 7) is 2.21. The fourth-order valence-corrected chi connectivity index (χ4v) is 2.98. The smallest absolute Gasteiger partial charge is 0.224 e. The molecule has 5 nitrogen and oxygen atoms in total. The molecule has 0 aliphatic heterocycles. The van der Waals surface area contributed by atoms with Crippen molar-refractivity contribution in [2.75, 3.05) is 18.0 Å². The summed E-state index contributed by atoms with van der Waals surface area (Å²) >= 11 is 0. The second-order valence-corrected chi connectivity index (χ2v) is 6.57. The van der Waals surface area contributed by atoms with Crippen LogP contribution < -0.4 is 15.0 Å². The fourth-order valence-electron chi connectivity index (χ4n) is 2.98. The molecule has 0 saturated heterocycles. The summed E-state index contributed by atoms with van der Waals surface area (Å²) in [5.74, 6) is 1.09. The van der Waals surface area contributed by atoms with Crippen LogP contribution in [0.3, 0.4) is 0 Å². The van der Waals surface area contributed by atoms with Gasteiger partial charge in [0, 0.05) is 20.0 Å². The lowest BCUT2D eigenvalue weighted by atomic mass is 10.1. The average Bonchev–Trinajstić information content (AvgIpc) is 2.73. The molecule has 3 aromatic rings. The Morgan fingerprint density at radius 3 is 2.17 bits per heavy atom. The lowest BCUT2D eigenvalue weighted by molar-refractivity contribution is -0.121. The molecule has 3 aromatic carbocycles. The molecule has 29 heavy (non-hydrogen) atoms. The zero-order chi connectivity index (χ0) is 20.5. The largest absolute Gasteiger partial charge is 0.455 e. The lowest BCUT2D eigenvalue weighted by Crippen LogP contribution is -2.38. The van der Waals surface area contributed by atoms with E-state index in [1.54, 1.807) is 4.90 Å². The van der Waals surface area contributed by atoms with Gasteiger partial charge in [-0.3, -0.25) is 9.59 Å². The van der Waals surface area contributed by atoms with E-state index in [1.165, 1.54) is 6.92 Å². The molecule has 148 valence electrons. The van der Waals surface area contributed by atoms with Gasteiger partial charge in [0.15, 0.2) is 5.75 Å². The predicted octanol–water partition coefficient (Wildman–Crippen LogP) is 4.19. The molecule has 0 saturated carbocycles. The molecule has 0 atom stereocenters. The van der Waals surface area contributed by atoms with Crippen molar-refractivity contribution in [3.8, 4) is 11.5 Å². The van der Waals surface area contributed by atoms with Crippen molar-refractivity contribution in [2.45, 2.75) is 13.3 Å². The van der Waals surface area contributed by atoms with Gasteiger partial charge in [-0.25, -0.2) is 0 Å². The summed E-state index contributed by atoms with van der Waals surface area (Å²) in [7, 11) is 0. The topological polar surface area (TPSA) is 58.6 Å². The molecule has 0 radical (unpaired) electrons. The molecular weight excluding hydrogens is 364 g/mol. The number of rotatable bonds is 8. The van der Waals surface area contributed by atoms with Crippen LogP contribution in [0.15, 0.2) is 84.9 Å². The van der Waals surface area contributed by atoms with E-state index >= 15 is 0 Å².